The Labute approximate surface area is 118 Å². The molecule has 19 heavy (non-hydrogen) atoms. The molecular weight excluding hydrogens is 232 g/mol. The van der Waals surface area contributed by atoms with Crippen molar-refractivity contribution in [3.05, 3.63) is 0 Å². The molecule has 0 amide bonds. The predicted octanol–water partition coefficient (Wildman–Crippen LogP) is 2.87. The van der Waals surface area contributed by atoms with Gasteiger partial charge in [0.25, 0.3) is 0 Å². The van der Waals surface area contributed by atoms with Gasteiger partial charge in [0.05, 0.1) is 0 Å². The molecule has 5 rings (SSSR count). The number of likely N-dealkylation sites (N-methyl/N-ethyl adjacent to an activating group) is 1. The van der Waals surface area contributed by atoms with Gasteiger partial charge in [0, 0.05) is 19.1 Å². The van der Waals surface area contributed by atoms with E-state index in [1.165, 1.54) is 38.6 Å². The standard InChI is InChI=1S/C17H30N2/c1-19(16(10-18)15-2-3-15)11-17-7-12-4-13(8-17)6-14(5-12)9-17/h12-16H,2-11,18H2,1H3. The van der Waals surface area contributed by atoms with E-state index in [-0.39, 0.29) is 0 Å². The highest BCUT2D eigenvalue weighted by atomic mass is 15.2. The van der Waals surface area contributed by atoms with E-state index in [1.54, 1.807) is 19.3 Å². The molecule has 0 aromatic rings. The number of hydrogen-bond donors (Lipinski definition) is 1. The van der Waals surface area contributed by atoms with Crippen LogP contribution in [0.3, 0.4) is 0 Å². The SMILES string of the molecule is CN(CC12CC3CC(CC(C3)C1)C2)C(CN)C1CC1. The van der Waals surface area contributed by atoms with E-state index in [2.05, 4.69) is 11.9 Å². The van der Waals surface area contributed by atoms with Gasteiger partial charge >= 0.3 is 0 Å². The molecule has 0 aromatic heterocycles. The first-order valence-electron chi connectivity index (χ1n) is 8.58. The predicted molar refractivity (Wildman–Crippen MR) is 78.8 cm³/mol. The van der Waals surface area contributed by atoms with Crippen molar-refractivity contribution in [2.24, 2.45) is 34.8 Å². The minimum atomic E-state index is 0.674. The van der Waals surface area contributed by atoms with Crippen LogP contribution in [0.5, 0.6) is 0 Å². The molecule has 0 aromatic carbocycles. The fourth-order valence-corrected chi connectivity index (χ4v) is 6.34. The third-order valence-electron chi connectivity index (χ3n) is 6.72. The summed E-state index contributed by atoms with van der Waals surface area (Å²) >= 11 is 0. The monoisotopic (exact) mass is 262 g/mol. The smallest absolute Gasteiger partial charge is 0.0243 e. The molecule has 1 unspecified atom stereocenters. The fraction of sp³-hybridized carbons (Fsp3) is 1.00. The van der Waals surface area contributed by atoms with Crippen LogP contribution in [-0.2, 0) is 0 Å². The lowest BCUT2D eigenvalue weighted by atomic mass is 9.49. The molecule has 108 valence electrons. The Kier molecular flexibility index (Phi) is 2.97. The van der Waals surface area contributed by atoms with Gasteiger partial charge in [-0.05, 0) is 87.5 Å². The van der Waals surface area contributed by atoms with E-state index in [0.29, 0.717) is 11.5 Å². The van der Waals surface area contributed by atoms with Crippen LogP contribution in [0.4, 0.5) is 0 Å². The molecule has 5 fully saturated rings. The van der Waals surface area contributed by atoms with Crippen LogP contribution in [0.2, 0.25) is 0 Å². The molecule has 1 atom stereocenters. The summed E-state index contributed by atoms with van der Waals surface area (Å²) in [7, 11) is 2.36. The second-order valence-corrected chi connectivity index (χ2v) is 8.47. The molecule has 0 radical (unpaired) electrons. The van der Waals surface area contributed by atoms with Gasteiger partial charge in [-0.1, -0.05) is 0 Å². The van der Waals surface area contributed by atoms with Crippen molar-refractivity contribution in [1.29, 1.82) is 0 Å². The van der Waals surface area contributed by atoms with Gasteiger partial charge in [-0.2, -0.15) is 0 Å². The van der Waals surface area contributed by atoms with Crippen molar-refractivity contribution < 1.29 is 0 Å². The van der Waals surface area contributed by atoms with Gasteiger partial charge in [-0.25, -0.2) is 0 Å². The first-order chi connectivity index (χ1) is 9.17. The second-order valence-electron chi connectivity index (χ2n) is 8.47. The van der Waals surface area contributed by atoms with Crippen molar-refractivity contribution in [2.45, 2.75) is 57.4 Å². The maximum absolute atomic E-state index is 6.04. The number of rotatable bonds is 5. The zero-order chi connectivity index (χ0) is 13.0. The topological polar surface area (TPSA) is 29.3 Å². The van der Waals surface area contributed by atoms with Crippen LogP contribution in [0, 0.1) is 29.1 Å². The number of nitrogens with two attached hydrogens (primary N) is 1. The van der Waals surface area contributed by atoms with Crippen molar-refractivity contribution in [2.75, 3.05) is 20.1 Å². The molecule has 2 N–H and O–H groups in total. The highest BCUT2D eigenvalue weighted by Gasteiger charge is 2.51. The van der Waals surface area contributed by atoms with E-state index >= 15 is 0 Å². The summed E-state index contributed by atoms with van der Waals surface area (Å²) in [6.07, 6.45) is 12.1. The minimum absolute atomic E-state index is 0.674. The first-order valence-corrected chi connectivity index (χ1v) is 8.58. The molecule has 0 spiro atoms. The van der Waals surface area contributed by atoms with Gasteiger partial charge in [-0.15, -0.1) is 0 Å². The average Bonchev–Trinajstić information content (AvgIpc) is 3.11. The zero-order valence-electron chi connectivity index (χ0n) is 12.5. The molecule has 0 saturated heterocycles. The van der Waals surface area contributed by atoms with Crippen molar-refractivity contribution in [3.8, 4) is 0 Å². The van der Waals surface area contributed by atoms with Crippen LogP contribution in [-0.4, -0.2) is 31.1 Å². The van der Waals surface area contributed by atoms with Crippen LogP contribution >= 0.6 is 0 Å². The fourth-order valence-electron chi connectivity index (χ4n) is 6.34. The molecule has 2 heteroatoms. The summed E-state index contributed by atoms with van der Waals surface area (Å²) < 4.78 is 0. The van der Waals surface area contributed by atoms with Gasteiger partial charge in [0.1, 0.15) is 0 Å². The maximum Gasteiger partial charge on any atom is 0.0243 e. The van der Waals surface area contributed by atoms with E-state index in [0.717, 1.165) is 30.2 Å². The summed E-state index contributed by atoms with van der Waals surface area (Å²) in [6.45, 7) is 2.21. The van der Waals surface area contributed by atoms with E-state index < -0.39 is 0 Å². The summed E-state index contributed by atoms with van der Waals surface area (Å²) in [5, 5.41) is 0. The summed E-state index contributed by atoms with van der Waals surface area (Å²) in [5.41, 5.74) is 6.73. The molecule has 0 aliphatic heterocycles. The van der Waals surface area contributed by atoms with Crippen molar-refractivity contribution in [1.82, 2.24) is 4.90 Å². The normalized spacial score (nSPS) is 45.9. The first kappa shape index (κ1) is 12.6. The van der Waals surface area contributed by atoms with Crippen LogP contribution < -0.4 is 5.73 Å². The van der Waals surface area contributed by atoms with Gasteiger partial charge in [0.15, 0.2) is 0 Å². The molecule has 2 nitrogen and oxygen atoms in total. The van der Waals surface area contributed by atoms with Gasteiger partial charge < -0.3 is 10.6 Å². The molecule has 4 bridgehead atoms. The largest absolute Gasteiger partial charge is 0.329 e. The molecule has 5 aliphatic rings. The van der Waals surface area contributed by atoms with Gasteiger partial charge in [-0.3, -0.25) is 0 Å². The Morgan fingerprint density at radius 2 is 1.58 bits per heavy atom. The molecule has 5 aliphatic carbocycles. The minimum Gasteiger partial charge on any atom is -0.329 e. The third kappa shape index (κ3) is 2.25. The highest BCUT2D eigenvalue weighted by Crippen LogP contribution is 2.60. The molecule has 5 saturated carbocycles. The van der Waals surface area contributed by atoms with Gasteiger partial charge in [0.2, 0.25) is 0 Å². The molecular formula is C17H30N2. The third-order valence-corrected chi connectivity index (χ3v) is 6.72. The Morgan fingerprint density at radius 1 is 1.05 bits per heavy atom. The quantitative estimate of drug-likeness (QED) is 0.825. The summed E-state index contributed by atoms with van der Waals surface area (Å²) in [5.74, 6) is 4.16. The average molecular weight is 262 g/mol. The summed E-state index contributed by atoms with van der Waals surface area (Å²) in [4.78, 5) is 2.66. The van der Waals surface area contributed by atoms with Crippen molar-refractivity contribution in [3.63, 3.8) is 0 Å². The number of hydrogen-bond acceptors (Lipinski definition) is 2. The van der Waals surface area contributed by atoms with E-state index in [9.17, 15) is 0 Å². The van der Waals surface area contributed by atoms with Crippen LogP contribution in [0.1, 0.15) is 51.4 Å². The van der Waals surface area contributed by atoms with Crippen molar-refractivity contribution >= 4 is 0 Å². The zero-order valence-corrected chi connectivity index (χ0v) is 12.5. The Balaban J connectivity index is 1.46. The highest BCUT2D eigenvalue weighted by molar-refractivity contribution is 5.03. The lowest BCUT2D eigenvalue weighted by Crippen LogP contribution is -2.53. The Morgan fingerprint density at radius 3 is 2.00 bits per heavy atom. The van der Waals surface area contributed by atoms with Crippen LogP contribution in [0.15, 0.2) is 0 Å². The van der Waals surface area contributed by atoms with Crippen LogP contribution in [0.25, 0.3) is 0 Å². The maximum atomic E-state index is 6.04. The lowest BCUT2D eigenvalue weighted by molar-refractivity contribution is -0.0712. The summed E-state index contributed by atoms with van der Waals surface area (Å²) in [6, 6.07) is 0.674. The van der Waals surface area contributed by atoms with E-state index in [4.69, 9.17) is 5.73 Å². The Bertz CT molecular complexity index is 312. The second kappa shape index (κ2) is 4.46. The number of nitrogens with zero attached hydrogens (tertiary/aromatic N) is 1. The van der Waals surface area contributed by atoms with E-state index in [1.807, 2.05) is 0 Å². The Hall–Kier alpha value is -0.0800. The lowest BCUT2D eigenvalue weighted by Gasteiger charge is -2.58. The molecule has 0 heterocycles.